The molecule has 0 spiro atoms. The maximum absolute atomic E-state index is 12.8. The zero-order chi connectivity index (χ0) is 20.5. The second-order valence-corrected chi connectivity index (χ2v) is 7.54. The van der Waals surface area contributed by atoms with Crippen molar-refractivity contribution in [2.24, 2.45) is 0 Å². The first-order valence-corrected chi connectivity index (χ1v) is 8.88. The van der Waals surface area contributed by atoms with Crippen molar-refractivity contribution in [2.75, 3.05) is 5.32 Å². The average Bonchev–Trinajstić information content (AvgIpc) is 3.00. The first kappa shape index (κ1) is 19.3. The van der Waals surface area contributed by atoms with Crippen molar-refractivity contribution in [1.82, 2.24) is 14.7 Å². The van der Waals surface area contributed by atoms with Crippen molar-refractivity contribution in [2.45, 2.75) is 33.2 Å². The number of carbonyl (C=O) groups excluding carboxylic acids is 3. The highest BCUT2D eigenvalue weighted by atomic mass is 16.2. The van der Waals surface area contributed by atoms with Crippen LogP contribution in [0.25, 0.3) is 5.52 Å². The molecule has 0 fully saturated rings. The lowest BCUT2D eigenvalue weighted by Gasteiger charge is -2.19. The Labute approximate surface area is 162 Å². The summed E-state index contributed by atoms with van der Waals surface area (Å²) in [4.78, 5) is 41.3. The van der Waals surface area contributed by atoms with Gasteiger partial charge in [0.2, 0.25) is 5.82 Å². The van der Waals surface area contributed by atoms with E-state index in [1.54, 1.807) is 53.1 Å². The second-order valence-electron chi connectivity index (χ2n) is 7.54. The summed E-state index contributed by atoms with van der Waals surface area (Å²) in [6.07, 6.45) is 1.69. The van der Waals surface area contributed by atoms with E-state index in [1.165, 1.54) is 6.92 Å². The zero-order valence-electron chi connectivity index (χ0n) is 16.2. The van der Waals surface area contributed by atoms with E-state index in [9.17, 15) is 14.4 Å². The van der Waals surface area contributed by atoms with Crippen LogP contribution in [0.4, 0.5) is 5.69 Å². The number of rotatable bonds is 4. The van der Waals surface area contributed by atoms with Crippen LogP contribution in [0.2, 0.25) is 0 Å². The second kappa shape index (κ2) is 7.26. The Bertz CT molecular complexity index is 1080. The normalized spacial score (nSPS) is 11.3. The zero-order valence-corrected chi connectivity index (χ0v) is 16.2. The first-order valence-electron chi connectivity index (χ1n) is 8.88. The number of aromatic nitrogens is 2. The SMILES string of the molecule is CC(=O)c1cccc(NC(=O)c2nc(C(=O)NC(C)(C)C)n3ccccc23)c1. The fourth-order valence-electron chi connectivity index (χ4n) is 2.77. The van der Waals surface area contributed by atoms with Crippen LogP contribution in [-0.4, -0.2) is 32.5 Å². The monoisotopic (exact) mass is 378 g/mol. The molecule has 2 amide bonds. The van der Waals surface area contributed by atoms with E-state index in [-0.39, 0.29) is 23.2 Å². The molecule has 0 radical (unpaired) electrons. The number of nitrogens with zero attached hydrogens (tertiary/aromatic N) is 2. The number of pyridine rings is 1. The predicted molar refractivity (Wildman–Crippen MR) is 107 cm³/mol. The summed E-state index contributed by atoms with van der Waals surface area (Å²) < 4.78 is 1.59. The van der Waals surface area contributed by atoms with Crippen LogP contribution in [0.15, 0.2) is 48.7 Å². The van der Waals surface area contributed by atoms with Gasteiger partial charge in [0.05, 0.1) is 5.52 Å². The number of hydrogen-bond donors (Lipinski definition) is 2. The van der Waals surface area contributed by atoms with E-state index in [2.05, 4.69) is 15.6 Å². The molecule has 2 aromatic heterocycles. The van der Waals surface area contributed by atoms with Gasteiger partial charge in [0.15, 0.2) is 11.5 Å². The van der Waals surface area contributed by atoms with Crippen LogP contribution in [0.5, 0.6) is 0 Å². The predicted octanol–water partition coefficient (Wildman–Crippen LogP) is 3.32. The number of hydrogen-bond acceptors (Lipinski definition) is 4. The van der Waals surface area contributed by atoms with Crippen LogP contribution >= 0.6 is 0 Å². The molecule has 7 nitrogen and oxygen atoms in total. The maximum atomic E-state index is 12.8. The van der Waals surface area contributed by atoms with E-state index >= 15 is 0 Å². The molecular weight excluding hydrogens is 356 g/mol. The Morgan fingerprint density at radius 2 is 1.75 bits per heavy atom. The number of imidazole rings is 1. The molecule has 0 saturated carbocycles. The molecule has 0 aliphatic carbocycles. The van der Waals surface area contributed by atoms with Gasteiger partial charge in [0.1, 0.15) is 0 Å². The van der Waals surface area contributed by atoms with Gasteiger partial charge in [-0.3, -0.25) is 18.8 Å². The van der Waals surface area contributed by atoms with Gasteiger partial charge in [-0.05, 0) is 52.0 Å². The highest BCUT2D eigenvalue weighted by molar-refractivity contribution is 6.09. The molecule has 144 valence electrons. The Kier molecular flexibility index (Phi) is 5.00. The summed E-state index contributed by atoms with van der Waals surface area (Å²) >= 11 is 0. The van der Waals surface area contributed by atoms with Crippen molar-refractivity contribution >= 4 is 28.8 Å². The molecule has 3 rings (SSSR count). The molecular formula is C21H22N4O3. The smallest absolute Gasteiger partial charge is 0.288 e. The van der Waals surface area contributed by atoms with E-state index < -0.39 is 11.4 Å². The molecule has 0 aliphatic rings. The Morgan fingerprint density at radius 1 is 1.00 bits per heavy atom. The Balaban J connectivity index is 1.97. The molecule has 1 aromatic carbocycles. The van der Waals surface area contributed by atoms with Gasteiger partial charge in [0, 0.05) is 23.0 Å². The fraction of sp³-hybridized carbons (Fsp3) is 0.238. The van der Waals surface area contributed by atoms with Gasteiger partial charge in [-0.15, -0.1) is 0 Å². The lowest BCUT2D eigenvalue weighted by Crippen LogP contribution is -2.41. The van der Waals surface area contributed by atoms with Crippen molar-refractivity contribution in [3.8, 4) is 0 Å². The van der Waals surface area contributed by atoms with Crippen LogP contribution in [0.1, 0.15) is 59.2 Å². The molecule has 0 atom stereocenters. The van der Waals surface area contributed by atoms with Gasteiger partial charge in [-0.1, -0.05) is 18.2 Å². The standard InChI is InChI=1S/C21H22N4O3/c1-13(26)14-8-7-9-15(12-14)22-19(27)17-16-10-5-6-11-25(16)18(23-17)20(28)24-21(2,3)4/h5-12H,1-4H3,(H,22,27)(H,24,28). The van der Waals surface area contributed by atoms with E-state index in [0.717, 1.165) is 0 Å². The number of benzene rings is 1. The van der Waals surface area contributed by atoms with Crippen LogP contribution in [-0.2, 0) is 0 Å². The highest BCUT2D eigenvalue weighted by Gasteiger charge is 2.24. The van der Waals surface area contributed by atoms with Crippen molar-refractivity contribution in [3.63, 3.8) is 0 Å². The minimum atomic E-state index is -0.459. The molecule has 28 heavy (non-hydrogen) atoms. The number of anilines is 1. The van der Waals surface area contributed by atoms with Crippen LogP contribution in [0.3, 0.4) is 0 Å². The van der Waals surface area contributed by atoms with Gasteiger partial charge in [-0.25, -0.2) is 4.98 Å². The highest BCUT2D eigenvalue weighted by Crippen LogP contribution is 2.17. The Morgan fingerprint density at radius 3 is 2.43 bits per heavy atom. The molecule has 0 unspecified atom stereocenters. The quantitative estimate of drug-likeness (QED) is 0.681. The van der Waals surface area contributed by atoms with E-state index in [0.29, 0.717) is 16.8 Å². The third-order valence-electron chi connectivity index (χ3n) is 3.98. The van der Waals surface area contributed by atoms with Crippen LogP contribution < -0.4 is 10.6 Å². The molecule has 0 aliphatic heterocycles. The van der Waals surface area contributed by atoms with Gasteiger partial charge >= 0.3 is 0 Å². The molecule has 2 N–H and O–H groups in total. The van der Waals surface area contributed by atoms with Gasteiger partial charge in [-0.2, -0.15) is 0 Å². The van der Waals surface area contributed by atoms with E-state index in [4.69, 9.17) is 0 Å². The molecule has 0 saturated heterocycles. The molecule has 0 bridgehead atoms. The third kappa shape index (κ3) is 4.09. The molecule has 3 aromatic rings. The summed E-state index contributed by atoms with van der Waals surface area (Å²) in [5.41, 5.74) is 1.19. The third-order valence-corrected chi connectivity index (χ3v) is 3.98. The average molecular weight is 378 g/mol. The number of fused-ring (bicyclic) bond motifs is 1. The maximum Gasteiger partial charge on any atom is 0.288 e. The topological polar surface area (TPSA) is 92.6 Å². The summed E-state index contributed by atoms with van der Waals surface area (Å²) in [6, 6.07) is 11.9. The van der Waals surface area contributed by atoms with Gasteiger partial charge in [0.25, 0.3) is 11.8 Å². The lowest BCUT2D eigenvalue weighted by molar-refractivity contribution is 0.0907. The number of carbonyl (C=O) groups is 3. The van der Waals surface area contributed by atoms with Crippen molar-refractivity contribution in [3.05, 3.63) is 65.7 Å². The fourth-order valence-corrected chi connectivity index (χ4v) is 2.77. The summed E-state index contributed by atoms with van der Waals surface area (Å²) in [7, 11) is 0. The number of ketones is 1. The largest absolute Gasteiger partial charge is 0.345 e. The van der Waals surface area contributed by atoms with Crippen molar-refractivity contribution in [1.29, 1.82) is 0 Å². The van der Waals surface area contributed by atoms with E-state index in [1.807, 2.05) is 20.8 Å². The molecule has 2 heterocycles. The first-order chi connectivity index (χ1) is 13.2. The van der Waals surface area contributed by atoms with Crippen molar-refractivity contribution < 1.29 is 14.4 Å². The summed E-state index contributed by atoms with van der Waals surface area (Å²) in [5.74, 6) is -0.789. The minimum absolute atomic E-state index is 0.0929. The number of Topliss-reactive ketones (excluding diaryl/α,β-unsaturated/α-hetero) is 1. The lowest BCUT2D eigenvalue weighted by atomic mass is 10.1. The molecule has 7 heteroatoms. The summed E-state index contributed by atoms with van der Waals surface area (Å²) in [6.45, 7) is 7.08. The Hall–Kier alpha value is -3.48. The number of amides is 2. The van der Waals surface area contributed by atoms with Crippen LogP contribution in [0, 0.1) is 0 Å². The van der Waals surface area contributed by atoms with Gasteiger partial charge < -0.3 is 10.6 Å². The number of nitrogens with one attached hydrogen (secondary N) is 2. The summed E-state index contributed by atoms with van der Waals surface area (Å²) in [5, 5.41) is 5.61. The minimum Gasteiger partial charge on any atom is -0.345 e.